The minimum Gasteiger partial charge on any atom is -0.288 e. The summed E-state index contributed by atoms with van der Waals surface area (Å²) in [5.41, 5.74) is 0. The number of hydrogen-bond donors (Lipinski definition) is 1. The zero-order valence-electron chi connectivity index (χ0n) is 6.96. The molecule has 0 aromatic carbocycles. The lowest BCUT2D eigenvalue weighted by molar-refractivity contribution is -0.109. The Kier molecular flexibility index (Phi) is 8.20. The van der Waals surface area contributed by atoms with E-state index in [-0.39, 0.29) is 10.2 Å². The molecule has 0 atom stereocenters. The number of rotatable bonds is 5. The SMILES string of the molecule is CC(=O)SCNSCSC(C)=O. The van der Waals surface area contributed by atoms with Crippen LogP contribution in [0.1, 0.15) is 13.8 Å². The second kappa shape index (κ2) is 7.97. The average molecular weight is 225 g/mol. The Morgan fingerprint density at radius 2 is 1.75 bits per heavy atom. The lowest BCUT2D eigenvalue weighted by atomic mass is 10.9. The van der Waals surface area contributed by atoms with Gasteiger partial charge in [0, 0.05) is 13.8 Å². The summed E-state index contributed by atoms with van der Waals surface area (Å²) in [4.78, 5) is 20.9. The highest BCUT2D eigenvalue weighted by Gasteiger charge is 1.95. The van der Waals surface area contributed by atoms with Gasteiger partial charge in [0.15, 0.2) is 10.2 Å². The summed E-state index contributed by atoms with van der Waals surface area (Å²) >= 11 is 3.93. The number of thioether (sulfide) groups is 2. The molecule has 0 aromatic rings. The van der Waals surface area contributed by atoms with Crippen LogP contribution in [-0.4, -0.2) is 21.2 Å². The molecule has 12 heavy (non-hydrogen) atoms. The zero-order valence-corrected chi connectivity index (χ0v) is 9.40. The molecule has 1 N–H and O–H groups in total. The molecule has 0 saturated heterocycles. The Balaban J connectivity index is 3.01. The van der Waals surface area contributed by atoms with Crippen molar-refractivity contribution in [2.75, 3.05) is 11.0 Å². The van der Waals surface area contributed by atoms with Crippen LogP contribution in [-0.2, 0) is 9.59 Å². The van der Waals surface area contributed by atoms with E-state index in [1.165, 1.54) is 49.3 Å². The van der Waals surface area contributed by atoms with Crippen molar-refractivity contribution in [3.63, 3.8) is 0 Å². The van der Waals surface area contributed by atoms with E-state index in [0.717, 1.165) is 0 Å². The van der Waals surface area contributed by atoms with Crippen molar-refractivity contribution >= 4 is 45.7 Å². The Hall–Kier alpha value is 0.350. The van der Waals surface area contributed by atoms with Gasteiger partial charge in [-0.1, -0.05) is 35.5 Å². The van der Waals surface area contributed by atoms with Crippen LogP contribution in [0.5, 0.6) is 0 Å². The van der Waals surface area contributed by atoms with Crippen molar-refractivity contribution in [2.45, 2.75) is 13.8 Å². The summed E-state index contributed by atoms with van der Waals surface area (Å²) in [5.74, 6) is 0.596. The Labute approximate surface area is 84.9 Å². The van der Waals surface area contributed by atoms with E-state index in [1.807, 2.05) is 0 Å². The minimum absolute atomic E-state index is 0.0994. The minimum atomic E-state index is 0.0994. The fourth-order valence-electron chi connectivity index (χ4n) is 0.327. The molecule has 0 aromatic heterocycles. The highest BCUT2D eigenvalue weighted by atomic mass is 32.2. The van der Waals surface area contributed by atoms with Crippen molar-refractivity contribution in [1.82, 2.24) is 4.72 Å². The zero-order chi connectivity index (χ0) is 9.40. The van der Waals surface area contributed by atoms with Crippen molar-refractivity contribution in [3.05, 3.63) is 0 Å². The molecule has 0 amide bonds. The molecule has 0 unspecified atom stereocenters. The van der Waals surface area contributed by atoms with Crippen molar-refractivity contribution < 1.29 is 9.59 Å². The molecule has 0 aliphatic carbocycles. The lowest BCUT2D eigenvalue weighted by Gasteiger charge is -1.99. The predicted molar refractivity (Wildman–Crippen MR) is 57.0 cm³/mol. The second-order valence-electron chi connectivity index (χ2n) is 1.82. The van der Waals surface area contributed by atoms with Gasteiger partial charge in [0.05, 0.1) is 11.0 Å². The van der Waals surface area contributed by atoms with Crippen LogP contribution < -0.4 is 4.72 Å². The molecule has 0 rings (SSSR count). The highest BCUT2D eigenvalue weighted by molar-refractivity contribution is 8.23. The van der Waals surface area contributed by atoms with Gasteiger partial charge >= 0.3 is 0 Å². The number of carbonyl (C=O) groups excluding carboxylic acids is 2. The highest BCUT2D eigenvalue weighted by Crippen LogP contribution is 2.10. The smallest absolute Gasteiger partial charge is 0.187 e. The molecule has 0 radical (unpaired) electrons. The first-order valence-corrected chi connectivity index (χ1v) is 6.20. The quantitative estimate of drug-likeness (QED) is 0.436. The van der Waals surface area contributed by atoms with Crippen LogP contribution in [0.4, 0.5) is 0 Å². The first-order valence-electron chi connectivity index (χ1n) is 3.24. The Morgan fingerprint density at radius 3 is 2.25 bits per heavy atom. The van der Waals surface area contributed by atoms with Gasteiger partial charge in [-0.3, -0.25) is 14.3 Å². The molecule has 70 valence electrons. The summed E-state index contributed by atoms with van der Waals surface area (Å²) < 4.78 is 2.96. The first-order chi connectivity index (χ1) is 5.63. The number of nitrogens with one attached hydrogen (secondary N) is 1. The third-order valence-corrected chi connectivity index (χ3v) is 3.33. The van der Waals surface area contributed by atoms with Crippen LogP contribution in [0.2, 0.25) is 0 Å². The van der Waals surface area contributed by atoms with Crippen LogP contribution in [0.15, 0.2) is 0 Å². The van der Waals surface area contributed by atoms with E-state index < -0.39 is 0 Å². The normalized spacial score (nSPS) is 9.83. The van der Waals surface area contributed by atoms with Gasteiger partial charge in [0.1, 0.15) is 0 Å². The van der Waals surface area contributed by atoms with E-state index >= 15 is 0 Å². The molecule has 3 nitrogen and oxygen atoms in total. The number of hydrogen-bond acceptors (Lipinski definition) is 6. The molecule has 0 bridgehead atoms. The van der Waals surface area contributed by atoms with Crippen LogP contribution in [0.25, 0.3) is 0 Å². The standard InChI is InChI=1S/C6H11NO2S3/c1-5(8)10-3-7-12-4-11-6(2)9/h7H,3-4H2,1-2H3. The Bertz CT molecular complexity index is 145. The molecule has 0 heterocycles. The van der Waals surface area contributed by atoms with Crippen LogP contribution >= 0.6 is 35.5 Å². The molecule has 0 fully saturated rings. The van der Waals surface area contributed by atoms with E-state index in [4.69, 9.17) is 0 Å². The summed E-state index contributed by atoms with van der Waals surface area (Å²) in [5, 5.41) is 0.902. The molecule has 0 aliphatic rings. The van der Waals surface area contributed by atoms with Crippen LogP contribution in [0, 0.1) is 0 Å². The van der Waals surface area contributed by atoms with Gasteiger partial charge < -0.3 is 0 Å². The summed E-state index contributed by atoms with van der Waals surface area (Å²) in [7, 11) is 0. The van der Waals surface area contributed by atoms with Gasteiger partial charge in [-0.05, 0) is 0 Å². The molecule has 0 aliphatic heterocycles. The fraction of sp³-hybridized carbons (Fsp3) is 0.667. The maximum atomic E-state index is 10.4. The molecule has 0 saturated carbocycles. The van der Waals surface area contributed by atoms with E-state index in [0.29, 0.717) is 11.0 Å². The van der Waals surface area contributed by atoms with Gasteiger partial charge in [-0.25, -0.2) is 0 Å². The molecule has 6 heteroatoms. The maximum absolute atomic E-state index is 10.4. The Morgan fingerprint density at radius 1 is 1.17 bits per heavy atom. The lowest BCUT2D eigenvalue weighted by Crippen LogP contribution is -2.04. The van der Waals surface area contributed by atoms with Gasteiger partial charge in [-0.2, -0.15) is 0 Å². The maximum Gasteiger partial charge on any atom is 0.187 e. The summed E-state index contributed by atoms with van der Waals surface area (Å²) in [6.07, 6.45) is 0. The first kappa shape index (κ1) is 12.3. The molecule has 0 spiro atoms. The second-order valence-corrected chi connectivity index (χ2v) is 5.36. The van der Waals surface area contributed by atoms with Gasteiger partial charge in [0.25, 0.3) is 0 Å². The van der Waals surface area contributed by atoms with Gasteiger partial charge in [0.2, 0.25) is 0 Å². The third kappa shape index (κ3) is 10.3. The van der Waals surface area contributed by atoms with Crippen molar-refractivity contribution in [2.24, 2.45) is 0 Å². The monoisotopic (exact) mass is 225 g/mol. The summed E-state index contributed by atoms with van der Waals surface area (Å²) in [6.45, 7) is 3.07. The van der Waals surface area contributed by atoms with Gasteiger partial charge in [-0.15, -0.1) is 0 Å². The van der Waals surface area contributed by atoms with Crippen molar-refractivity contribution in [1.29, 1.82) is 0 Å². The fourth-order valence-corrected chi connectivity index (χ4v) is 2.33. The average Bonchev–Trinajstić information content (AvgIpc) is 1.95. The third-order valence-electron chi connectivity index (χ3n) is 0.758. The summed E-state index contributed by atoms with van der Waals surface area (Å²) in [6, 6.07) is 0. The molecular formula is C6H11NO2S3. The predicted octanol–water partition coefficient (Wildman–Crippen LogP) is 1.70. The van der Waals surface area contributed by atoms with Crippen molar-refractivity contribution in [3.8, 4) is 0 Å². The topological polar surface area (TPSA) is 46.2 Å². The van der Waals surface area contributed by atoms with Crippen LogP contribution in [0.3, 0.4) is 0 Å². The molecular weight excluding hydrogens is 214 g/mol. The number of carbonyl (C=O) groups is 2. The van der Waals surface area contributed by atoms with E-state index in [9.17, 15) is 9.59 Å². The largest absolute Gasteiger partial charge is 0.288 e. The van der Waals surface area contributed by atoms with E-state index in [2.05, 4.69) is 4.72 Å². The van der Waals surface area contributed by atoms with E-state index in [1.54, 1.807) is 0 Å².